The van der Waals surface area contributed by atoms with Crippen LogP contribution < -0.4 is 4.74 Å². The third kappa shape index (κ3) is 3.86. The van der Waals surface area contributed by atoms with E-state index in [1.54, 1.807) is 24.3 Å². The summed E-state index contributed by atoms with van der Waals surface area (Å²) in [6, 6.07) is 16.5. The van der Waals surface area contributed by atoms with Crippen molar-refractivity contribution in [3.05, 3.63) is 74.7 Å². The number of carbonyl (C=O) groups is 1. The van der Waals surface area contributed by atoms with E-state index in [-0.39, 0.29) is 6.42 Å². The minimum Gasteiger partial charge on any atom is -0.426 e. The molecule has 0 N–H and O–H groups in total. The minimum atomic E-state index is -0.406. The van der Waals surface area contributed by atoms with Crippen LogP contribution in [0.4, 0.5) is 0 Å². The SMILES string of the molecule is O=C(Cc1c(Cl)cccc1Cl)Oc1ccc2cc(Br)ccc2c1. The molecule has 116 valence electrons. The van der Waals surface area contributed by atoms with Crippen LogP contribution in [0.25, 0.3) is 10.8 Å². The zero-order valence-electron chi connectivity index (χ0n) is 11.9. The van der Waals surface area contributed by atoms with E-state index in [0.717, 1.165) is 15.2 Å². The van der Waals surface area contributed by atoms with Crippen LogP contribution in [0.5, 0.6) is 5.75 Å². The maximum atomic E-state index is 12.1. The van der Waals surface area contributed by atoms with E-state index >= 15 is 0 Å². The van der Waals surface area contributed by atoms with Crippen molar-refractivity contribution in [1.82, 2.24) is 0 Å². The van der Waals surface area contributed by atoms with Crippen molar-refractivity contribution in [3.63, 3.8) is 0 Å². The Morgan fingerprint density at radius 3 is 2.35 bits per heavy atom. The number of esters is 1. The summed E-state index contributed by atoms with van der Waals surface area (Å²) >= 11 is 15.6. The van der Waals surface area contributed by atoms with Gasteiger partial charge in [0.15, 0.2) is 0 Å². The lowest BCUT2D eigenvalue weighted by Crippen LogP contribution is -2.11. The van der Waals surface area contributed by atoms with Crippen LogP contribution in [0, 0.1) is 0 Å². The van der Waals surface area contributed by atoms with Gasteiger partial charge in [-0.3, -0.25) is 4.79 Å². The molecule has 0 aromatic heterocycles. The van der Waals surface area contributed by atoms with E-state index in [0.29, 0.717) is 21.4 Å². The first-order chi connectivity index (χ1) is 11.0. The molecule has 0 amide bonds. The second-order valence-corrected chi connectivity index (χ2v) is 6.73. The van der Waals surface area contributed by atoms with Gasteiger partial charge in [-0.1, -0.05) is 57.3 Å². The number of fused-ring (bicyclic) bond motifs is 1. The predicted octanol–water partition coefficient (Wildman–Crippen LogP) is 6.06. The smallest absolute Gasteiger partial charge is 0.315 e. The fourth-order valence-electron chi connectivity index (χ4n) is 2.27. The Morgan fingerprint density at radius 2 is 1.61 bits per heavy atom. The number of ether oxygens (including phenoxy) is 1. The molecule has 0 fully saturated rings. The summed E-state index contributed by atoms with van der Waals surface area (Å²) in [6.45, 7) is 0. The van der Waals surface area contributed by atoms with Crippen LogP contribution in [0.2, 0.25) is 10.0 Å². The van der Waals surface area contributed by atoms with Crippen LogP contribution >= 0.6 is 39.1 Å². The molecule has 5 heteroatoms. The van der Waals surface area contributed by atoms with E-state index in [4.69, 9.17) is 27.9 Å². The molecule has 0 unspecified atom stereocenters. The molecule has 0 heterocycles. The second kappa shape index (κ2) is 6.91. The molecule has 0 saturated carbocycles. The maximum Gasteiger partial charge on any atom is 0.315 e. The lowest BCUT2D eigenvalue weighted by molar-refractivity contribution is -0.133. The van der Waals surface area contributed by atoms with E-state index in [9.17, 15) is 4.79 Å². The van der Waals surface area contributed by atoms with Crippen LogP contribution in [-0.4, -0.2) is 5.97 Å². The van der Waals surface area contributed by atoms with Gasteiger partial charge in [-0.25, -0.2) is 0 Å². The molecule has 0 aliphatic rings. The Balaban J connectivity index is 1.79. The molecule has 0 aliphatic carbocycles. The average molecular weight is 410 g/mol. The minimum absolute atomic E-state index is 0.0247. The quantitative estimate of drug-likeness (QED) is 0.388. The third-order valence-electron chi connectivity index (χ3n) is 3.39. The second-order valence-electron chi connectivity index (χ2n) is 5.00. The Morgan fingerprint density at radius 1 is 0.957 bits per heavy atom. The molecular formula is C18H11BrCl2O2. The summed E-state index contributed by atoms with van der Waals surface area (Å²) in [7, 11) is 0. The molecule has 0 saturated heterocycles. The fraction of sp³-hybridized carbons (Fsp3) is 0.0556. The fourth-order valence-corrected chi connectivity index (χ4v) is 3.18. The molecule has 3 aromatic rings. The first-order valence-corrected chi connectivity index (χ1v) is 8.41. The summed E-state index contributed by atoms with van der Waals surface area (Å²) in [4.78, 5) is 12.1. The van der Waals surface area contributed by atoms with Crippen molar-refractivity contribution < 1.29 is 9.53 Å². The zero-order valence-corrected chi connectivity index (χ0v) is 15.0. The molecule has 2 nitrogen and oxygen atoms in total. The monoisotopic (exact) mass is 408 g/mol. The van der Waals surface area contributed by atoms with Crippen LogP contribution in [0.1, 0.15) is 5.56 Å². The number of hydrogen-bond donors (Lipinski definition) is 0. The lowest BCUT2D eigenvalue weighted by Gasteiger charge is -2.08. The van der Waals surface area contributed by atoms with Gasteiger partial charge in [0, 0.05) is 20.1 Å². The van der Waals surface area contributed by atoms with Gasteiger partial charge < -0.3 is 4.74 Å². The molecule has 23 heavy (non-hydrogen) atoms. The lowest BCUT2D eigenvalue weighted by atomic mass is 10.1. The van der Waals surface area contributed by atoms with Gasteiger partial charge in [0.25, 0.3) is 0 Å². The zero-order chi connectivity index (χ0) is 16.4. The number of hydrogen-bond acceptors (Lipinski definition) is 2. The van der Waals surface area contributed by atoms with Crippen molar-refractivity contribution in [2.45, 2.75) is 6.42 Å². The molecule has 0 spiro atoms. The summed E-state index contributed by atoms with van der Waals surface area (Å²) in [5, 5.41) is 2.97. The highest BCUT2D eigenvalue weighted by atomic mass is 79.9. The molecular weight excluding hydrogens is 399 g/mol. The summed E-state index contributed by atoms with van der Waals surface area (Å²) < 4.78 is 6.40. The Hall–Kier alpha value is -1.55. The van der Waals surface area contributed by atoms with Gasteiger partial charge in [0.1, 0.15) is 5.75 Å². The van der Waals surface area contributed by atoms with Gasteiger partial charge in [0.2, 0.25) is 0 Å². The Bertz CT molecular complexity index is 873. The molecule has 0 aliphatic heterocycles. The van der Waals surface area contributed by atoms with Crippen molar-refractivity contribution in [3.8, 4) is 5.75 Å². The summed E-state index contributed by atoms with van der Waals surface area (Å²) in [5.74, 6) is 0.0875. The van der Waals surface area contributed by atoms with Crippen molar-refractivity contribution in [2.24, 2.45) is 0 Å². The highest BCUT2D eigenvalue weighted by Crippen LogP contribution is 2.27. The van der Waals surface area contributed by atoms with Crippen LogP contribution in [0.15, 0.2) is 59.1 Å². The highest BCUT2D eigenvalue weighted by molar-refractivity contribution is 9.10. The van der Waals surface area contributed by atoms with Crippen LogP contribution in [0.3, 0.4) is 0 Å². The third-order valence-corrected chi connectivity index (χ3v) is 4.59. The summed E-state index contributed by atoms with van der Waals surface area (Å²) in [5.41, 5.74) is 0.575. The first-order valence-electron chi connectivity index (χ1n) is 6.86. The highest BCUT2D eigenvalue weighted by Gasteiger charge is 2.13. The van der Waals surface area contributed by atoms with Crippen molar-refractivity contribution in [2.75, 3.05) is 0 Å². The Labute approximate surface area is 152 Å². The van der Waals surface area contributed by atoms with E-state index in [2.05, 4.69) is 15.9 Å². The van der Waals surface area contributed by atoms with Crippen LogP contribution in [-0.2, 0) is 11.2 Å². The largest absolute Gasteiger partial charge is 0.426 e. The van der Waals surface area contributed by atoms with Gasteiger partial charge in [-0.05, 0) is 47.2 Å². The normalized spacial score (nSPS) is 10.7. The van der Waals surface area contributed by atoms with E-state index in [1.807, 2.05) is 30.3 Å². The molecule has 3 aromatic carbocycles. The maximum absolute atomic E-state index is 12.1. The van der Waals surface area contributed by atoms with Gasteiger partial charge in [0.05, 0.1) is 6.42 Å². The van der Waals surface area contributed by atoms with E-state index < -0.39 is 5.97 Å². The van der Waals surface area contributed by atoms with Crippen molar-refractivity contribution in [1.29, 1.82) is 0 Å². The van der Waals surface area contributed by atoms with Gasteiger partial charge >= 0.3 is 5.97 Å². The van der Waals surface area contributed by atoms with Gasteiger partial charge in [-0.2, -0.15) is 0 Å². The molecule has 0 radical (unpaired) electrons. The molecule has 3 rings (SSSR count). The summed E-state index contributed by atoms with van der Waals surface area (Å²) in [6.07, 6.45) is 0.0247. The topological polar surface area (TPSA) is 26.3 Å². The standard InChI is InChI=1S/C18H11BrCl2O2/c19-13-6-4-12-9-14(7-5-11(12)8-13)23-18(22)10-15-16(20)2-1-3-17(15)21/h1-9H,10H2. The first kappa shape index (κ1) is 16.3. The molecule has 0 atom stereocenters. The number of rotatable bonds is 3. The Kier molecular flexibility index (Phi) is 4.90. The van der Waals surface area contributed by atoms with Gasteiger partial charge in [-0.15, -0.1) is 0 Å². The average Bonchev–Trinajstić information content (AvgIpc) is 2.51. The molecule has 0 bridgehead atoms. The number of halogens is 3. The van der Waals surface area contributed by atoms with E-state index in [1.165, 1.54) is 0 Å². The predicted molar refractivity (Wildman–Crippen MR) is 97.4 cm³/mol. The number of benzene rings is 3. The van der Waals surface area contributed by atoms with Crippen molar-refractivity contribution >= 4 is 55.9 Å². The number of carbonyl (C=O) groups excluding carboxylic acids is 1.